The van der Waals surface area contributed by atoms with Gasteiger partial charge < -0.3 is 15.0 Å². The lowest BCUT2D eigenvalue weighted by atomic mass is 10.1. The number of rotatable bonds is 6. The summed E-state index contributed by atoms with van der Waals surface area (Å²) in [6.07, 6.45) is 1.74. The summed E-state index contributed by atoms with van der Waals surface area (Å²) >= 11 is 6.14. The maximum absolute atomic E-state index is 13.6. The number of hydrogen-bond acceptors (Lipinski definition) is 4. The van der Waals surface area contributed by atoms with Crippen molar-refractivity contribution in [2.75, 3.05) is 25.0 Å². The smallest absolute Gasteiger partial charge is 0.256 e. The second kappa shape index (κ2) is 9.89. The quantitative estimate of drug-likeness (QED) is 0.551. The number of nitrogens with zero attached hydrogens (tertiary/aromatic N) is 2. The van der Waals surface area contributed by atoms with Crippen LogP contribution in [0.3, 0.4) is 0 Å². The summed E-state index contributed by atoms with van der Waals surface area (Å²) < 4.78 is 5.76. The lowest BCUT2D eigenvalue weighted by molar-refractivity contribution is -0.117. The summed E-state index contributed by atoms with van der Waals surface area (Å²) in [7, 11) is 0. The molecular formula is C26H28ClN3O3. The molecule has 1 fully saturated rings. The first-order valence-corrected chi connectivity index (χ1v) is 11.5. The molecule has 6 nitrogen and oxygen atoms in total. The van der Waals surface area contributed by atoms with Crippen molar-refractivity contribution in [2.24, 2.45) is 0 Å². The van der Waals surface area contributed by atoms with Crippen molar-refractivity contribution >= 4 is 40.0 Å². The van der Waals surface area contributed by atoms with Gasteiger partial charge in [0.05, 0.1) is 22.9 Å². The van der Waals surface area contributed by atoms with Gasteiger partial charge in [0.15, 0.2) is 0 Å². The molecule has 0 aliphatic carbocycles. The fraction of sp³-hybridized carbons (Fsp3) is 0.346. The molecule has 4 rings (SSSR count). The van der Waals surface area contributed by atoms with Crippen molar-refractivity contribution < 1.29 is 14.3 Å². The van der Waals surface area contributed by atoms with Gasteiger partial charge in [-0.2, -0.15) is 0 Å². The Bertz CT molecular complexity index is 1200. The molecule has 1 saturated heterocycles. The third-order valence-electron chi connectivity index (χ3n) is 6.15. The molecule has 1 N–H and O–H groups in total. The number of aryl methyl sites for hydroxylation is 2. The number of pyridine rings is 1. The summed E-state index contributed by atoms with van der Waals surface area (Å²) in [5.41, 5.74) is 4.70. The van der Waals surface area contributed by atoms with Crippen LogP contribution >= 0.6 is 11.6 Å². The molecule has 0 saturated carbocycles. The fourth-order valence-electron chi connectivity index (χ4n) is 4.13. The second-order valence-electron chi connectivity index (χ2n) is 8.57. The number of hydrogen-bond donors (Lipinski definition) is 1. The van der Waals surface area contributed by atoms with Crippen LogP contribution in [0.1, 0.15) is 40.0 Å². The number of anilines is 1. The largest absolute Gasteiger partial charge is 0.376 e. The molecule has 1 aliphatic heterocycles. The predicted molar refractivity (Wildman–Crippen MR) is 131 cm³/mol. The summed E-state index contributed by atoms with van der Waals surface area (Å²) in [4.78, 5) is 32.7. The van der Waals surface area contributed by atoms with Gasteiger partial charge in [0.2, 0.25) is 5.91 Å². The van der Waals surface area contributed by atoms with Crippen LogP contribution in [0.4, 0.5) is 5.69 Å². The maximum atomic E-state index is 13.6. The van der Waals surface area contributed by atoms with Crippen molar-refractivity contribution in [1.29, 1.82) is 0 Å². The maximum Gasteiger partial charge on any atom is 0.256 e. The zero-order chi connectivity index (χ0) is 23.5. The number of ether oxygens (including phenoxy) is 1. The Morgan fingerprint density at radius 1 is 1.18 bits per heavy atom. The average molecular weight is 466 g/mol. The van der Waals surface area contributed by atoms with Gasteiger partial charge in [-0.15, -0.1) is 0 Å². The van der Waals surface area contributed by atoms with E-state index in [2.05, 4.69) is 10.3 Å². The normalized spacial score (nSPS) is 15.6. The number of carbonyl (C=O) groups is 2. The zero-order valence-corrected chi connectivity index (χ0v) is 19.9. The number of fused-ring (bicyclic) bond motifs is 1. The molecular weight excluding hydrogens is 438 g/mol. The number of carbonyl (C=O) groups excluding carboxylic acids is 2. The van der Waals surface area contributed by atoms with E-state index in [1.165, 1.54) is 0 Å². The topological polar surface area (TPSA) is 71.5 Å². The van der Waals surface area contributed by atoms with Gasteiger partial charge >= 0.3 is 0 Å². The van der Waals surface area contributed by atoms with Gasteiger partial charge in [-0.3, -0.25) is 14.6 Å². The van der Waals surface area contributed by atoms with Gasteiger partial charge in [0.25, 0.3) is 5.91 Å². The molecule has 3 aromatic rings. The third-order valence-corrected chi connectivity index (χ3v) is 6.38. The highest BCUT2D eigenvalue weighted by molar-refractivity contribution is 6.31. The van der Waals surface area contributed by atoms with E-state index in [0.29, 0.717) is 29.4 Å². The number of aromatic nitrogens is 1. The lowest BCUT2D eigenvalue weighted by Gasteiger charge is -2.26. The summed E-state index contributed by atoms with van der Waals surface area (Å²) in [5.74, 6) is -0.488. The molecule has 172 valence electrons. The molecule has 2 heterocycles. The molecule has 0 radical (unpaired) electrons. The highest BCUT2D eigenvalue weighted by Gasteiger charge is 2.27. The van der Waals surface area contributed by atoms with Crippen LogP contribution in [0.25, 0.3) is 10.9 Å². The summed E-state index contributed by atoms with van der Waals surface area (Å²) in [5, 5.41) is 4.32. The molecule has 2 aromatic carbocycles. The van der Waals surface area contributed by atoms with E-state index in [9.17, 15) is 9.59 Å². The van der Waals surface area contributed by atoms with E-state index in [-0.39, 0.29) is 24.5 Å². The van der Waals surface area contributed by atoms with Crippen molar-refractivity contribution in [3.05, 3.63) is 69.9 Å². The van der Waals surface area contributed by atoms with Crippen LogP contribution in [0.5, 0.6) is 0 Å². The number of halogens is 1. The van der Waals surface area contributed by atoms with Crippen molar-refractivity contribution in [3.8, 4) is 0 Å². The molecule has 1 aliphatic rings. The number of nitrogens with one attached hydrogen (secondary N) is 1. The molecule has 0 spiro atoms. The van der Waals surface area contributed by atoms with Crippen molar-refractivity contribution in [3.63, 3.8) is 0 Å². The molecule has 1 unspecified atom stereocenters. The van der Waals surface area contributed by atoms with E-state index < -0.39 is 0 Å². The van der Waals surface area contributed by atoms with E-state index in [1.54, 1.807) is 23.1 Å². The minimum atomic E-state index is -0.246. The monoisotopic (exact) mass is 465 g/mol. The first-order chi connectivity index (χ1) is 15.8. The van der Waals surface area contributed by atoms with Crippen LogP contribution in [0.2, 0.25) is 5.02 Å². The molecule has 0 bridgehead atoms. The van der Waals surface area contributed by atoms with E-state index in [1.807, 2.05) is 45.0 Å². The standard InChI is InChI=1S/C26H28ClN3O3/c1-16-6-4-8-23(17(16)2)29-25(31)15-30(14-21-7-5-11-33-21)26(32)22-13-19-12-20(27)9-10-24(19)28-18(22)3/h4,6,8-10,12-13,21H,5,7,11,14-15H2,1-3H3,(H,29,31). The molecule has 1 atom stereocenters. The van der Waals surface area contributed by atoms with E-state index in [0.717, 1.165) is 40.6 Å². The van der Waals surface area contributed by atoms with Crippen LogP contribution in [0, 0.1) is 20.8 Å². The fourth-order valence-corrected chi connectivity index (χ4v) is 4.31. The predicted octanol–water partition coefficient (Wildman–Crippen LogP) is 5.07. The third kappa shape index (κ3) is 5.34. The van der Waals surface area contributed by atoms with Crippen molar-refractivity contribution in [2.45, 2.75) is 39.7 Å². The van der Waals surface area contributed by atoms with Crippen molar-refractivity contribution in [1.82, 2.24) is 9.88 Å². The van der Waals surface area contributed by atoms with E-state index in [4.69, 9.17) is 16.3 Å². The van der Waals surface area contributed by atoms with Crippen LogP contribution in [-0.4, -0.2) is 47.5 Å². The Balaban J connectivity index is 1.60. The molecule has 33 heavy (non-hydrogen) atoms. The minimum Gasteiger partial charge on any atom is -0.376 e. The Labute approximate surface area is 198 Å². The van der Waals surface area contributed by atoms with Gasteiger partial charge in [0, 0.05) is 29.2 Å². The second-order valence-corrected chi connectivity index (χ2v) is 9.01. The molecule has 1 aromatic heterocycles. The highest BCUT2D eigenvalue weighted by Crippen LogP contribution is 2.23. The van der Waals surface area contributed by atoms with Gasteiger partial charge in [-0.25, -0.2) is 0 Å². The lowest BCUT2D eigenvalue weighted by Crippen LogP contribution is -2.42. The number of benzene rings is 2. The van der Waals surface area contributed by atoms with Gasteiger partial charge in [-0.1, -0.05) is 23.7 Å². The molecule has 2 amide bonds. The first kappa shape index (κ1) is 23.2. The molecule has 7 heteroatoms. The van der Waals surface area contributed by atoms with Crippen LogP contribution in [0.15, 0.2) is 42.5 Å². The number of amides is 2. The Morgan fingerprint density at radius 3 is 2.76 bits per heavy atom. The SMILES string of the molecule is Cc1cccc(NC(=O)CN(CC2CCCO2)C(=O)c2cc3cc(Cl)ccc3nc2C)c1C. The Hall–Kier alpha value is -2.96. The Morgan fingerprint density at radius 2 is 2.00 bits per heavy atom. The first-order valence-electron chi connectivity index (χ1n) is 11.2. The Kier molecular flexibility index (Phi) is 6.96. The van der Waals surface area contributed by atoms with Gasteiger partial charge in [-0.05, 0) is 75.1 Å². The van der Waals surface area contributed by atoms with Crippen LogP contribution < -0.4 is 5.32 Å². The summed E-state index contributed by atoms with van der Waals surface area (Å²) in [6.45, 7) is 6.73. The van der Waals surface area contributed by atoms with E-state index >= 15 is 0 Å². The van der Waals surface area contributed by atoms with Gasteiger partial charge in [0.1, 0.15) is 6.54 Å². The van der Waals surface area contributed by atoms with Crippen LogP contribution in [-0.2, 0) is 9.53 Å². The minimum absolute atomic E-state index is 0.0703. The highest BCUT2D eigenvalue weighted by atomic mass is 35.5. The zero-order valence-electron chi connectivity index (χ0n) is 19.2. The average Bonchev–Trinajstić information content (AvgIpc) is 3.29. The summed E-state index contributed by atoms with van der Waals surface area (Å²) in [6, 6.07) is 13.0.